The van der Waals surface area contributed by atoms with E-state index >= 15 is 0 Å². The van der Waals surface area contributed by atoms with Crippen molar-refractivity contribution in [3.05, 3.63) is 29.6 Å². The summed E-state index contributed by atoms with van der Waals surface area (Å²) in [6, 6.07) is 2.78. The molecule has 0 heterocycles. The Labute approximate surface area is 109 Å². The van der Waals surface area contributed by atoms with Gasteiger partial charge < -0.3 is 15.7 Å². The fourth-order valence-corrected chi connectivity index (χ4v) is 2.22. The van der Waals surface area contributed by atoms with Gasteiger partial charge in [0, 0.05) is 6.04 Å². The van der Waals surface area contributed by atoms with Crippen molar-refractivity contribution < 1.29 is 19.1 Å². The van der Waals surface area contributed by atoms with Gasteiger partial charge in [0.25, 0.3) is 0 Å². The molecule has 0 atom stereocenters. The van der Waals surface area contributed by atoms with E-state index in [0.29, 0.717) is 0 Å². The molecule has 2 rings (SSSR count). The average Bonchev–Trinajstić information content (AvgIpc) is 2.81. The minimum absolute atomic E-state index is 0.0389. The fourth-order valence-electron chi connectivity index (χ4n) is 2.22. The summed E-state index contributed by atoms with van der Waals surface area (Å²) >= 11 is 0. The summed E-state index contributed by atoms with van der Waals surface area (Å²) in [5.74, 6) is -1.81. The maximum Gasteiger partial charge on any atom is 0.337 e. The number of amides is 2. The highest BCUT2D eigenvalue weighted by Gasteiger charge is 2.18. The Bertz CT molecular complexity index is 499. The van der Waals surface area contributed by atoms with Crippen molar-refractivity contribution in [1.29, 1.82) is 0 Å². The summed E-state index contributed by atoms with van der Waals surface area (Å²) in [4.78, 5) is 22.7. The SMILES string of the molecule is O=C(Nc1cc(F)ccc1C(=O)O)NC1CCCC1. The third-order valence-electron chi connectivity index (χ3n) is 3.15. The van der Waals surface area contributed by atoms with Crippen LogP contribution in [0.2, 0.25) is 0 Å². The van der Waals surface area contributed by atoms with E-state index in [1.807, 2.05) is 0 Å². The largest absolute Gasteiger partial charge is 0.478 e. The number of carbonyl (C=O) groups is 2. The number of halogens is 1. The Morgan fingerprint density at radius 2 is 1.95 bits per heavy atom. The number of aromatic carboxylic acids is 1. The van der Waals surface area contributed by atoms with Crippen LogP contribution in [-0.2, 0) is 0 Å². The molecule has 102 valence electrons. The molecule has 1 aliphatic rings. The van der Waals surface area contributed by atoms with Gasteiger partial charge in [-0.05, 0) is 31.0 Å². The lowest BCUT2D eigenvalue weighted by atomic mass is 10.1. The Morgan fingerprint density at radius 3 is 2.58 bits per heavy atom. The van der Waals surface area contributed by atoms with Crippen molar-refractivity contribution in [1.82, 2.24) is 5.32 Å². The zero-order valence-corrected chi connectivity index (χ0v) is 10.3. The zero-order valence-electron chi connectivity index (χ0n) is 10.3. The molecule has 19 heavy (non-hydrogen) atoms. The van der Waals surface area contributed by atoms with Gasteiger partial charge in [-0.1, -0.05) is 12.8 Å². The van der Waals surface area contributed by atoms with E-state index in [-0.39, 0.29) is 17.3 Å². The van der Waals surface area contributed by atoms with Crippen LogP contribution in [0.15, 0.2) is 18.2 Å². The quantitative estimate of drug-likeness (QED) is 0.786. The smallest absolute Gasteiger partial charge is 0.337 e. The van der Waals surface area contributed by atoms with E-state index in [0.717, 1.165) is 43.9 Å². The highest BCUT2D eigenvalue weighted by molar-refractivity contribution is 6.00. The fraction of sp³-hybridized carbons (Fsp3) is 0.385. The van der Waals surface area contributed by atoms with Crippen LogP contribution in [0, 0.1) is 5.82 Å². The highest BCUT2D eigenvalue weighted by atomic mass is 19.1. The van der Waals surface area contributed by atoms with Gasteiger partial charge in [-0.15, -0.1) is 0 Å². The molecule has 0 bridgehead atoms. The summed E-state index contributed by atoms with van der Waals surface area (Å²) in [6.45, 7) is 0. The lowest BCUT2D eigenvalue weighted by molar-refractivity contribution is 0.0698. The Balaban J connectivity index is 2.06. The van der Waals surface area contributed by atoms with Gasteiger partial charge in [0.15, 0.2) is 0 Å². The average molecular weight is 266 g/mol. The molecule has 1 aliphatic carbocycles. The third-order valence-corrected chi connectivity index (χ3v) is 3.15. The van der Waals surface area contributed by atoms with Crippen LogP contribution >= 0.6 is 0 Å². The summed E-state index contributed by atoms with van der Waals surface area (Å²) in [5, 5.41) is 14.1. The number of benzene rings is 1. The second-order valence-corrected chi connectivity index (χ2v) is 4.57. The molecule has 3 N–H and O–H groups in total. The molecule has 1 fully saturated rings. The number of rotatable bonds is 3. The maximum atomic E-state index is 13.1. The molecule has 0 aliphatic heterocycles. The molecule has 0 unspecified atom stereocenters. The summed E-state index contributed by atoms with van der Waals surface area (Å²) < 4.78 is 13.1. The van der Waals surface area contributed by atoms with E-state index < -0.39 is 17.8 Å². The van der Waals surface area contributed by atoms with Gasteiger partial charge in [-0.25, -0.2) is 14.0 Å². The van der Waals surface area contributed by atoms with Crippen molar-refractivity contribution in [2.75, 3.05) is 5.32 Å². The van der Waals surface area contributed by atoms with Crippen LogP contribution < -0.4 is 10.6 Å². The van der Waals surface area contributed by atoms with Crippen molar-refractivity contribution in [3.63, 3.8) is 0 Å². The molecule has 1 saturated carbocycles. The van der Waals surface area contributed by atoms with Gasteiger partial charge >= 0.3 is 12.0 Å². The minimum atomic E-state index is -1.21. The van der Waals surface area contributed by atoms with E-state index in [2.05, 4.69) is 10.6 Å². The van der Waals surface area contributed by atoms with Gasteiger partial charge in [0.2, 0.25) is 0 Å². The number of hydrogen-bond acceptors (Lipinski definition) is 2. The molecule has 5 nitrogen and oxygen atoms in total. The van der Waals surface area contributed by atoms with Crippen LogP contribution in [0.1, 0.15) is 36.0 Å². The normalized spacial score (nSPS) is 15.2. The molecule has 0 aromatic heterocycles. The molecule has 1 aromatic rings. The van der Waals surface area contributed by atoms with Crippen LogP contribution in [0.5, 0.6) is 0 Å². The highest BCUT2D eigenvalue weighted by Crippen LogP contribution is 2.19. The summed E-state index contributed by atoms with van der Waals surface area (Å²) in [7, 11) is 0. The number of anilines is 1. The summed E-state index contributed by atoms with van der Waals surface area (Å²) in [6.07, 6.45) is 3.99. The first-order valence-electron chi connectivity index (χ1n) is 6.16. The second kappa shape index (κ2) is 5.69. The van der Waals surface area contributed by atoms with Crippen LogP contribution in [-0.4, -0.2) is 23.1 Å². The third kappa shape index (κ3) is 3.43. The van der Waals surface area contributed by atoms with Gasteiger partial charge in [-0.3, -0.25) is 0 Å². The van der Waals surface area contributed by atoms with E-state index in [1.165, 1.54) is 0 Å². The zero-order chi connectivity index (χ0) is 13.8. The number of carboxylic acids is 1. The van der Waals surface area contributed by atoms with Crippen LogP contribution in [0.3, 0.4) is 0 Å². The standard InChI is InChI=1S/C13H15FN2O3/c14-8-5-6-10(12(17)18)11(7-8)16-13(19)15-9-3-1-2-4-9/h5-7,9H,1-4H2,(H,17,18)(H2,15,16,19). The number of nitrogens with one attached hydrogen (secondary N) is 2. The summed E-state index contributed by atoms with van der Waals surface area (Å²) in [5.41, 5.74) is -0.175. The van der Waals surface area contributed by atoms with Crippen molar-refractivity contribution in [2.24, 2.45) is 0 Å². The first-order chi connectivity index (χ1) is 9.06. The number of urea groups is 1. The van der Waals surface area contributed by atoms with Crippen molar-refractivity contribution in [3.8, 4) is 0 Å². The molecule has 0 spiro atoms. The van der Waals surface area contributed by atoms with E-state index in [4.69, 9.17) is 5.11 Å². The Morgan fingerprint density at radius 1 is 1.26 bits per heavy atom. The van der Waals surface area contributed by atoms with Gasteiger partial charge in [0.05, 0.1) is 11.3 Å². The molecule has 6 heteroatoms. The number of hydrogen-bond donors (Lipinski definition) is 3. The van der Waals surface area contributed by atoms with E-state index in [1.54, 1.807) is 0 Å². The Kier molecular flexibility index (Phi) is 3.99. The van der Waals surface area contributed by atoms with Crippen molar-refractivity contribution in [2.45, 2.75) is 31.7 Å². The molecular formula is C13H15FN2O3. The monoisotopic (exact) mass is 266 g/mol. The maximum absolute atomic E-state index is 13.1. The predicted octanol–water partition coefficient (Wildman–Crippen LogP) is 2.59. The first-order valence-corrected chi connectivity index (χ1v) is 6.16. The number of carboxylic acid groups (broad SMARTS) is 1. The molecule has 1 aromatic carbocycles. The lowest BCUT2D eigenvalue weighted by Gasteiger charge is -2.14. The van der Waals surface area contributed by atoms with Gasteiger partial charge in [0.1, 0.15) is 5.82 Å². The minimum Gasteiger partial charge on any atom is -0.478 e. The molecular weight excluding hydrogens is 251 g/mol. The van der Waals surface area contributed by atoms with Crippen LogP contribution in [0.4, 0.5) is 14.9 Å². The molecule has 0 radical (unpaired) electrons. The molecule has 0 saturated heterocycles. The molecule has 2 amide bonds. The van der Waals surface area contributed by atoms with Crippen LogP contribution in [0.25, 0.3) is 0 Å². The Hall–Kier alpha value is -2.11. The lowest BCUT2D eigenvalue weighted by Crippen LogP contribution is -2.36. The van der Waals surface area contributed by atoms with E-state index in [9.17, 15) is 14.0 Å². The van der Waals surface area contributed by atoms with Crippen molar-refractivity contribution >= 4 is 17.7 Å². The number of carbonyl (C=O) groups excluding carboxylic acids is 1. The predicted molar refractivity (Wildman–Crippen MR) is 67.8 cm³/mol. The topological polar surface area (TPSA) is 78.4 Å². The van der Waals surface area contributed by atoms with Gasteiger partial charge in [-0.2, -0.15) is 0 Å². The first kappa shape index (κ1) is 13.3. The second-order valence-electron chi connectivity index (χ2n) is 4.57.